The predicted octanol–water partition coefficient (Wildman–Crippen LogP) is 1.57. The van der Waals surface area contributed by atoms with Gasteiger partial charge in [-0.15, -0.1) is 10.2 Å². The van der Waals surface area contributed by atoms with Crippen LogP contribution in [0.5, 0.6) is 0 Å². The van der Waals surface area contributed by atoms with Crippen LogP contribution in [-0.4, -0.2) is 42.4 Å². The van der Waals surface area contributed by atoms with Gasteiger partial charge in [0.15, 0.2) is 11.6 Å². The molecule has 0 aliphatic carbocycles. The van der Waals surface area contributed by atoms with E-state index >= 15 is 0 Å². The number of aromatic nitrogens is 2. The lowest BCUT2D eigenvalue weighted by Gasteiger charge is -2.27. The summed E-state index contributed by atoms with van der Waals surface area (Å²) in [4.78, 5) is 14.1. The van der Waals surface area contributed by atoms with Gasteiger partial charge in [-0.3, -0.25) is 4.79 Å². The van der Waals surface area contributed by atoms with Crippen molar-refractivity contribution in [1.82, 2.24) is 10.2 Å². The molecule has 1 amide bonds. The minimum Gasteiger partial charge on any atom is -0.378 e. The quantitative estimate of drug-likeness (QED) is 0.926. The van der Waals surface area contributed by atoms with Crippen molar-refractivity contribution in [2.45, 2.75) is 0 Å². The van der Waals surface area contributed by atoms with Gasteiger partial charge in [0.1, 0.15) is 0 Å². The third-order valence-electron chi connectivity index (χ3n) is 3.26. The smallest absolute Gasteiger partial charge is 0.256 e. The lowest BCUT2D eigenvalue weighted by atomic mass is 10.2. The molecule has 0 atom stereocenters. The van der Waals surface area contributed by atoms with Gasteiger partial charge in [0, 0.05) is 18.7 Å². The second-order valence-electron chi connectivity index (χ2n) is 4.70. The molecular formula is C15H16N4O2. The van der Waals surface area contributed by atoms with Crippen molar-refractivity contribution < 1.29 is 9.53 Å². The van der Waals surface area contributed by atoms with E-state index in [-0.39, 0.29) is 5.91 Å². The van der Waals surface area contributed by atoms with E-state index in [9.17, 15) is 4.79 Å². The maximum atomic E-state index is 12.0. The number of nitrogens with zero attached hydrogens (tertiary/aromatic N) is 3. The molecule has 2 heterocycles. The molecule has 21 heavy (non-hydrogen) atoms. The standard InChI is InChI=1S/C15H16N4O2/c20-15(12-4-2-1-3-5-12)16-13-6-7-14(18-17-13)19-8-10-21-11-9-19/h1-7H,8-11H2,(H,16,17,20). The van der Waals surface area contributed by atoms with Gasteiger partial charge in [-0.25, -0.2) is 0 Å². The number of ether oxygens (including phenoxy) is 1. The average Bonchev–Trinajstić information content (AvgIpc) is 2.57. The van der Waals surface area contributed by atoms with Crippen LogP contribution in [0.1, 0.15) is 10.4 Å². The Bertz CT molecular complexity index is 595. The molecule has 1 fully saturated rings. The van der Waals surface area contributed by atoms with Gasteiger partial charge in [0.05, 0.1) is 13.2 Å². The molecule has 0 saturated carbocycles. The Kier molecular flexibility index (Phi) is 4.07. The molecular weight excluding hydrogens is 268 g/mol. The van der Waals surface area contributed by atoms with Crippen molar-refractivity contribution in [1.29, 1.82) is 0 Å². The largest absolute Gasteiger partial charge is 0.378 e. The minimum atomic E-state index is -0.191. The summed E-state index contributed by atoms with van der Waals surface area (Å²) < 4.78 is 5.30. The maximum Gasteiger partial charge on any atom is 0.256 e. The summed E-state index contributed by atoms with van der Waals surface area (Å²) >= 11 is 0. The number of nitrogens with one attached hydrogen (secondary N) is 1. The Hall–Kier alpha value is -2.47. The van der Waals surface area contributed by atoms with E-state index in [1.54, 1.807) is 18.2 Å². The minimum absolute atomic E-state index is 0.191. The fourth-order valence-electron chi connectivity index (χ4n) is 2.13. The van der Waals surface area contributed by atoms with E-state index in [2.05, 4.69) is 20.4 Å². The second kappa shape index (κ2) is 6.32. The first-order valence-corrected chi connectivity index (χ1v) is 6.86. The van der Waals surface area contributed by atoms with E-state index in [1.807, 2.05) is 24.3 Å². The highest BCUT2D eigenvalue weighted by Gasteiger charge is 2.13. The van der Waals surface area contributed by atoms with E-state index in [1.165, 1.54) is 0 Å². The maximum absolute atomic E-state index is 12.0. The summed E-state index contributed by atoms with van der Waals surface area (Å²) in [5.41, 5.74) is 0.594. The fraction of sp³-hybridized carbons (Fsp3) is 0.267. The van der Waals surface area contributed by atoms with Gasteiger partial charge in [-0.2, -0.15) is 0 Å². The molecule has 6 heteroatoms. The van der Waals surface area contributed by atoms with Crippen LogP contribution < -0.4 is 10.2 Å². The van der Waals surface area contributed by atoms with Crippen molar-refractivity contribution in [2.24, 2.45) is 0 Å². The monoisotopic (exact) mass is 284 g/mol. The van der Waals surface area contributed by atoms with Crippen molar-refractivity contribution >= 4 is 17.5 Å². The van der Waals surface area contributed by atoms with Crippen LogP contribution in [0.2, 0.25) is 0 Å². The highest BCUT2D eigenvalue weighted by molar-refractivity contribution is 6.03. The Morgan fingerprint density at radius 3 is 2.48 bits per heavy atom. The highest BCUT2D eigenvalue weighted by Crippen LogP contribution is 2.13. The zero-order valence-electron chi connectivity index (χ0n) is 11.5. The van der Waals surface area contributed by atoms with E-state index in [4.69, 9.17) is 4.74 Å². The van der Waals surface area contributed by atoms with Gasteiger partial charge >= 0.3 is 0 Å². The number of hydrogen-bond donors (Lipinski definition) is 1. The first-order chi connectivity index (χ1) is 10.3. The Balaban J connectivity index is 1.65. The number of hydrogen-bond acceptors (Lipinski definition) is 5. The molecule has 1 aliphatic heterocycles. The number of amides is 1. The zero-order valence-corrected chi connectivity index (χ0v) is 11.5. The molecule has 1 aromatic heterocycles. The normalized spacial score (nSPS) is 14.8. The summed E-state index contributed by atoms with van der Waals surface area (Å²) in [6.07, 6.45) is 0. The summed E-state index contributed by atoms with van der Waals surface area (Å²) in [5, 5.41) is 10.9. The molecule has 1 saturated heterocycles. The number of morpholine rings is 1. The third kappa shape index (κ3) is 3.35. The molecule has 1 aromatic carbocycles. The molecule has 2 aromatic rings. The van der Waals surface area contributed by atoms with E-state index in [0.29, 0.717) is 24.6 Å². The van der Waals surface area contributed by atoms with Crippen LogP contribution in [0.15, 0.2) is 42.5 Å². The molecule has 0 spiro atoms. The van der Waals surface area contributed by atoms with Crippen molar-refractivity contribution in [3.8, 4) is 0 Å². The Morgan fingerprint density at radius 1 is 1.05 bits per heavy atom. The Morgan fingerprint density at radius 2 is 1.81 bits per heavy atom. The number of rotatable bonds is 3. The highest BCUT2D eigenvalue weighted by atomic mass is 16.5. The summed E-state index contributed by atoms with van der Waals surface area (Å²) in [6.45, 7) is 3.02. The molecule has 108 valence electrons. The summed E-state index contributed by atoms with van der Waals surface area (Å²) in [7, 11) is 0. The van der Waals surface area contributed by atoms with Crippen molar-refractivity contribution in [2.75, 3.05) is 36.5 Å². The SMILES string of the molecule is O=C(Nc1ccc(N2CCOCC2)nn1)c1ccccc1. The third-order valence-corrected chi connectivity index (χ3v) is 3.26. The topological polar surface area (TPSA) is 67.4 Å². The van der Waals surface area contributed by atoms with Gasteiger partial charge < -0.3 is 15.0 Å². The molecule has 6 nitrogen and oxygen atoms in total. The van der Waals surface area contributed by atoms with Crippen LogP contribution in [0.4, 0.5) is 11.6 Å². The zero-order chi connectivity index (χ0) is 14.5. The number of carbonyl (C=O) groups is 1. The number of benzene rings is 1. The first kappa shape index (κ1) is 13.5. The Labute approximate surface area is 122 Å². The predicted molar refractivity (Wildman–Crippen MR) is 79.5 cm³/mol. The molecule has 0 unspecified atom stereocenters. The summed E-state index contributed by atoms with van der Waals surface area (Å²) in [5.74, 6) is 1.06. The molecule has 3 rings (SSSR count). The van der Waals surface area contributed by atoms with Crippen LogP contribution in [0.3, 0.4) is 0 Å². The van der Waals surface area contributed by atoms with Crippen LogP contribution in [0.25, 0.3) is 0 Å². The van der Waals surface area contributed by atoms with Gasteiger partial charge in [-0.05, 0) is 24.3 Å². The van der Waals surface area contributed by atoms with Gasteiger partial charge in [0.25, 0.3) is 5.91 Å². The molecule has 1 aliphatic rings. The molecule has 0 radical (unpaired) electrons. The second-order valence-corrected chi connectivity index (χ2v) is 4.70. The van der Waals surface area contributed by atoms with Crippen LogP contribution >= 0.6 is 0 Å². The lowest BCUT2D eigenvalue weighted by molar-refractivity contribution is 0.102. The first-order valence-electron chi connectivity index (χ1n) is 6.86. The number of anilines is 2. The van der Waals surface area contributed by atoms with Crippen molar-refractivity contribution in [3.63, 3.8) is 0 Å². The van der Waals surface area contributed by atoms with E-state index < -0.39 is 0 Å². The van der Waals surface area contributed by atoms with Gasteiger partial charge in [-0.1, -0.05) is 18.2 Å². The molecule has 0 bridgehead atoms. The van der Waals surface area contributed by atoms with E-state index in [0.717, 1.165) is 18.9 Å². The fourth-order valence-corrected chi connectivity index (χ4v) is 2.13. The molecule has 1 N–H and O–H groups in total. The van der Waals surface area contributed by atoms with Crippen LogP contribution in [-0.2, 0) is 4.74 Å². The number of carbonyl (C=O) groups excluding carboxylic acids is 1. The van der Waals surface area contributed by atoms with Gasteiger partial charge in [0.2, 0.25) is 0 Å². The summed E-state index contributed by atoms with van der Waals surface area (Å²) in [6, 6.07) is 12.6. The average molecular weight is 284 g/mol. The van der Waals surface area contributed by atoms with Crippen molar-refractivity contribution in [3.05, 3.63) is 48.0 Å². The van der Waals surface area contributed by atoms with Crippen LogP contribution in [0, 0.1) is 0 Å². The lowest BCUT2D eigenvalue weighted by Crippen LogP contribution is -2.36.